The molecule has 17 heavy (non-hydrogen) atoms. The van der Waals surface area contributed by atoms with E-state index in [1.807, 2.05) is 6.92 Å². The second-order valence-corrected chi connectivity index (χ2v) is 3.56. The van der Waals surface area contributed by atoms with Crippen LogP contribution in [0.25, 0.3) is 0 Å². The molecule has 0 radical (unpaired) electrons. The molecule has 4 nitrogen and oxygen atoms in total. The van der Waals surface area contributed by atoms with Crippen molar-refractivity contribution in [2.45, 2.75) is 19.8 Å². The number of nitrogens with zero attached hydrogens (tertiary/aromatic N) is 1. The molecule has 1 amide bonds. The van der Waals surface area contributed by atoms with E-state index >= 15 is 0 Å². The molecular weight excluding hydrogens is 224 g/mol. The SMILES string of the molecule is CCC(Cc1ccc(B(O)O)cc1F)=NC=O. The van der Waals surface area contributed by atoms with Crippen molar-refractivity contribution in [1.82, 2.24) is 0 Å². The molecule has 0 aliphatic carbocycles. The van der Waals surface area contributed by atoms with E-state index in [0.717, 1.165) is 6.07 Å². The molecule has 1 rings (SSSR count). The van der Waals surface area contributed by atoms with E-state index in [9.17, 15) is 9.18 Å². The number of amides is 1. The first-order valence-electron chi connectivity index (χ1n) is 5.22. The van der Waals surface area contributed by atoms with Gasteiger partial charge in [0, 0.05) is 12.1 Å². The van der Waals surface area contributed by atoms with E-state index in [4.69, 9.17) is 10.0 Å². The lowest BCUT2D eigenvalue weighted by atomic mass is 9.79. The zero-order valence-corrected chi connectivity index (χ0v) is 9.43. The first-order chi connectivity index (χ1) is 8.08. The first-order valence-corrected chi connectivity index (χ1v) is 5.22. The molecule has 0 bridgehead atoms. The summed E-state index contributed by atoms with van der Waals surface area (Å²) in [5.74, 6) is -0.539. The highest BCUT2D eigenvalue weighted by Gasteiger charge is 2.14. The van der Waals surface area contributed by atoms with Crippen molar-refractivity contribution in [2.24, 2.45) is 4.99 Å². The molecule has 0 saturated heterocycles. The number of benzene rings is 1. The van der Waals surface area contributed by atoms with Crippen molar-refractivity contribution in [1.29, 1.82) is 0 Å². The second kappa shape index (κ2) is 6.27. The van der Waals surface area contributed by atoms with Crippen LogP contribution in [0, 0.1) is 5.82 Å². The number of carbonyl (C=O) groups excluding carboxylic acids is 1. The van der Waals surface area contributed by atoms with Gasteiger partial charge in [-0.2, -0.15) is 0 Å². The van der Waals surface area contributed by atoms with Gasteiger partial charge in [-0.15, -0.1) is 0 Å². The van der Waals surface area contributed by atoms with Crippen molar-refractivity contribution in [3.8, 4) is 0 Å². The number of rotatable bonds is 5. The molecular formula is C11H13BFNO3. The van der Waals surface area contributed by atoms with Crippen molar-refractivity contribution in [3.05, 3.63) is 29.6 Å². The van der Waals surface area contributed by atoms with E-state index in [1.54, 1.807) is 0 Å². The molecule has 0 unspecified atom stereocenters. The maximum Gasteiger partial charge on any atom is 0.488 e. The minimum atomic E-state index is -1.69. The van der Waals surface area contributed by atoms with Gasteiger partial charge in [0.2, 0.25) is 6.41 Å². The van der Waals surface area contributed by atoms with Gasteiger partial charge in [0.15, 0.2) is 0 Å². The molecule has 0 spiro atoms. The number of aliphatic imine (C=N–C) groups is 1. The summed E-state index contributed by atoms with van der Waals surface area (Å²) in [6.45, 7) is 1.83. The maximum absolute atomic E-state index is 13.6. The molecule has 90 valence electrons. The molecule has 0 atom stereocenters. The smallest absolute Gasteiger partial charge is 0.423 e. The van der Waals surface area contributed by atoms with Crippen LogP contribution in [-0.2, 0) is 11.2 Å². The predicted molar refractivity (Wildman–Crippen MR) is 63.7 cm³/mol. The minimum Gasteiger partial charge on any atom is -0.423 e. The Hall–Kier alpha value is -1.53. The lowest BCUT2D eigenvalue weighted by molar-refractivity contribution is -0.106. The molecule has 0 heterocycles. The highest BCUT2D eigenvalue weighted by atomic mass is 19.1. The van der Waals surface area contributed by atoms with E-state index in [-0.39, 0.29) is 11.9 Å². The van der Waals surface area contributed by atoms with Gasteiger partial charge in [-0.25, -0.2) is 9.38 Å². The van der Waals surface area contributed by atoms with Gasteiger partial charge in [-0.3, -0.25) is 4.79 Å². The fraction of sp³-hybridized carbons (Fsp3) is 0.273. The molecule has 0 aliphatic rings. The molecule has 2 N–H and O–H groups in total. The summed E-state index contributed by atoms with van der Waals surface area (Å²) in [7, 11) is -1.69. The molecule has 0 aliphatic heterocycles. The van der Waals surface area contributed by atoms with Crippen LogP contribution in [0.5, 0.6) is 0 Å². The van der Waals surface area contributed by atoms with Crippen molar-refractivity contribution in [3.63, 3.8) is 0 Å². The van der Waals surface area contributed by atoms with Gasteiger partial charge in [0.05, 0.1) is 0 Å². The third-order valence-electron chi connectivity index (χ3n) is 2.41. The summed E-state index contributed by atoms with van der Waals surface area (Å²) in [5.41, 5.74) is 1.05. The Balaban J connectivity index is 2.93. The van der Waals surface area contributed by atoms with Crippen molar-refractivity contribution in [2.75, 3.05) is 0 Å². The fourth-order valence-electron chi connectivity index (χ4n) is 1.42. The predicted octanol–water partition coefficient (Wildman–Crippen LogP) is 0.0554. The number of halogens is 1. The van der Waals surface area contributed by atoms with Crippen LogP contribution >= 0.6 is 0 Å². The third-order valence-corrected chi connectivity index (χ3v) is 2.41. The molecule has 6 heteroatoms. The Labute approximate surface area is 99.0 Å². The molecule has 0 fully saturated rings. The Morgan fingerprint density at radius 2 is 2.24 bits per heavy atom. The highest BCUT2D eigenvalue weighted by Crippen LogP contribution is 2.08. The van der Waals surface area contributed by atoms with Gasteiger partial charge in [0.1, 0.15) is 5.82 Å². The van der Waals surface area contributed by atoms with Crippen molar-refractivity contribution >= 4 is 24.7 Å². The summed E-state index contributed by atoms with van der Waals surface area (Å²) < 4.78 is 13.6. The van der Waals surface area contributed by atoms with Gasteiger partial charge in [-0.1, -0.05) is 19.1 Å². The highest BCUT2D eigenvalue weighted by molar-refractivity contribution is 6.58. The average molecular weight is 237 g/mol. The number of hydrogen-bond acceptors (Lipinski definition) is 3. The maximum atomic E-state index is 13.6. The number of carbonyl (C=O) groups is 1. The monoisotopic (exact) mass is 237 g/mol. The van der Waals surface area contributed by atoms with Crippen LogP contribution in [0.15, 0.2) is 23.2 Å². The van der Waals surface area contributed by atoms with Crippen molar-refractivity contribution < 1.29 is 19.2 Å². The Kier molecular flexibility index (Phi) is 4.99. The Bertz CT molecular complexity index is 435. The van der Waals surface area contributed by atoms with E-state index in [1.165, 1.54) is 12.1 Å². The van der Waals surface area contributed by atoms with Gasteiger partial charge in [0.25, 0.3) is 0 Å². The first kappa shape index (κ1) is 13.5. The van der Waals surface area contributed by atoms with Crippen LogP contribution in [0.4, 0.5) is 4.39 Å². The van der Waals surface area contributed by atoms with Gasteiger partial charge in [-0.05, 0) is 23.5 Å². The van der Waals surface area contributed by atoms with Gasteiger partial charge < -0.3 is 10.0 Å². The van der Waals surface area contributed by atoms with Crippen LogP contribution in [0.2, 0.25) is 0 Å². The molecule has 1 aromatic carbocycles. The van der Waals surface area contributed by atoms with Crippen LogP contribution in [0.3, 0.4) is 0 Å². The largest absolute Gasteiger partial charge is 0.488 e. The quantitative estimate of drug-likeness (QED) is 0.432. The normalized spacial score (nSPS) is 11.4. The molecule has 0 aromatic heterocycles. The number of hydrogen-bond donors (Lipinski definition) is 2. The topological polar surface area (TPSA) is 69.9 Å². The zero-order chi connectivity index (χ0) is 12.8. The summed E-state index contributed by atoms with van der Waals surface area (Å²) in [5, 5.41) is 17.7. The second-order valence-electron chi connectivity index (χ2n) is 3.56. The van der Waals surface area contributed by atoms with E-state index < -0.39 is 12.9 Å². The van der Waals surface area contributed by atoms with Crippen LogP contribution < -0.4 is 5.46 Å². The molecule has 1 aromatic rings. The minimum absolute atomic E-state index is 0.0941. The Morgan fingerprint density at radius 1 is 1.53 bits per heavy atom. The lowest BCUT2D eigenvalue weighted by Gasteiger charge is -2.06. The summed E-state index contributed by atoms with van der Waals surface area (Å²) in [6, 6.07) is 3.95. The third kappa shape index (κ3) is 3.76. The molecule has 0 saturated carbocycles. The Morgan fingerprint density at radius 3 is 2.71 bits per heavy atom. The lowest BCUT2D eigenvalue weighted by Crippen LogP contribution is -2.30. The fourth-order valence-corrected chi connectivity index (χ4v) is 1.42. The van der Waals surface area contributed by atoms with Crippen LogP contribution in [-0.4, -0.2) is 29.3 Å². The summed E-state index contributed by atoms with van der Waals surface area (Å²) in [6.07, 6.45) is 1.23. The van der Waals surface area contributed by atoms with Crippen LogP contribution in [0.1, 0.15) is 18.9 Å². The summed E-state index contributed by atoms with van der Waals surface area (Å²) in [4.78, 5) is 13.9. The van der Waals surface area contributed by atoms with E-state index in [2.05, 4.69) is 4.99 Å². The van der Waals surface area contributed by atoms with Gasteiger partial charge >= 0.3 is 7.12 Å². The average Bonchev–Trinajstić information content (AvgIpc) is 2.30. The standard InChI is InChI=1S/C11H13BFNO3/c1-2-10(14-7-15)5-8-3-4-9(12(16)17)6-11(8)13/h3-4,6-7,16-17H,2,5H2,1H3. The van der Waals surface area contributed by atoms with E-state index in [0.29, 0.717) is 24.1 Å². The zero-order valence-electron chi connectivity index (χ0n) is 9.43. The summed E-state index contributed by atoms with van der Waals surface area (Å²) >= 11 is 0.